The number of aryl methyl sites for hydroxylation is 2. The molecule has 1 amide bonds. The number of hydrogen-bond acceptors (Lipinski definition) is 9. The molecule has 0 aliphatic carbocycles. The lowest BCUT2D eigenvalue weighted by atomic mass is 10.0. The number of halogens is 1. The smallest absolute Gasteiger partial charge is 0.412 e. The van der Waals surface area contributed by atoms with E-state index in [9.17, 15) is 13.8 Å². The van der Waals surface area contributed by atoms with Gasteiger partial charge in [-0.05, 0) is 45.0 Å². The molecule has 1 N–H and O–H groups in total. The minimum atomic E-state index is -1.46. The molecule has 3 heterocycles. The summed E-state index contributed by atoms with van der Waals surface area (Å²) in [6, 6.07) is 8.38. The lowest BCUT2D eigenvalue weighted by Crippen LogP contribution is -2.27. The van der Waals surface area contributed by atoms with Crippen molar-refractivity contribution in [2.24, 2.45) is 0 Å². The number of amides is 1. The van der Waals surface area contributed by atoms with Gasteiger partial charge in [0.2, 0.25) is 5.16 Å². The fourth-order valence-corrected chi connectivity index (χ4v) is 4.72. The molecule has 1 unspecified atom stereocenters. The first kappa shape index (κ1) is 29.9. The lowest BCUT2D eigenvalue weighted by molar-refractivity contribution is 0.0636. The monoisotopic (exact) mass is 599 g/mol. The Bertz CT molecular complexity index is 1690. The van der Waals surface area contributed by atoms with E-state index in [0.717, 1.165) is 0 Å². The third kappa shape index (κ3) is 7.01. The molecule has 0 saturated carbocycles. The largest absolute Gasteiger partial charge is 0.497 e. The molecule has 41 heavy (non-hydrogen) atoms. The first-order valence-corrected chi connectivity index (χ1v) is 14.4. The zero-order valence-electron chi connectivity index (χ0n) is 23.5. The molecular formula is C28H30ClN5O6S. The molecule has 1 aromatic carbocycles. The molecule has 4 rings (SSSR count). The number of rotatable bonds is 8. The molecule has 1 atom stereocenters. The first-order chi connectivity index (χ1) is 19.4. The van der Waals surface area contributed by atoms with Gasteiger partial charge in [0.25, 0.3) is 5.56 Å². The Hall–Kier alpha value is -4.03. The number of pyridine rings is 2. The summed E-state index contributed by atoms with van der Waals surface area (Å²) in [5.74, 6) is 0.814. The summed E-state index contributed by atoms with van der Waals surface area (Å²) in [6.07, 6.45) is 4.28. The minimum absolute atomic E-state index is 0.107. The van der Waals surface area contributed by atoms with Crippen LogP contribution in [0.5, 0.6) is 11.5 Å². The normalized spacial score (nSPS) is 12.2. The fourth-order valence-electron chi connectivity index (χ4n) is 4.01. The van der Waals surface area contributed by atoms with Crippen molar-refractivity contribution in [2.75, 3.05) is 25.8 Å². The van der Waals surface area contributed by atoms with Crippen LogP contribution in [-0.4, -0.2) is 55.9 Å². The molecular weight excluding hydrogens is 570 g/mol. The maximum atomic E-state index is 13.9. The Morgan fingerprint density at radius 2 is 1.83 bits per heavy atom. The van der Waals surface area contributed by atoms with Crippen molar-refractivity contribution in [1.82, 2.24) is 19.5 Å². The van der Waals surface area contributed by atoms with Crippen LogP contribution in [-0.2, 0) is 28.5 Å². The van der Waals surface area contributed by atoms with E-state index in [1.54, 1.807) is 51.1 Å². The Labute approximate surface area is 244 Å². The summed E-state index contributed by atoms with van der Waals surface area (Å²) in [4.78, 5) is 39.1. The molecule has 0 spiro atoms. The van der Waals surface area contributed by atoms with Gasteiger partial charge in [0, 0.05) is 53.7 Å². The van der Waals surface area contributed by atoms with E-state index in [-0.39, 0.29) is 22.3 Å². The molecule has 0 radical (unpaired) electrons. The third-order valence-corrected chi connectivity index (χ3v) is 6.98. The zero-order chi connectivity index (χ0) is 29.9. The summed E-state index contributed by atoms with van der Waals surface area (Å²) >= 11 is 6.62. The average molecular weight is 600 g/mol. The van der Waals surface area contributed by atoms with E-state index in [1.165, 1.54) is 37.4 Å². The average Bonchev–Trinajstić information content (AvgIpc) is 2.92. The highest BCUT2D eigenvalue weighted by molar-refractivity contribution is 7.84. The molecule has 11 nitrogen and oxygen atoms in total. The standard InChI is InChI=1S/C28H30ClN5O6S/c1-28(2,3)40-27(36)32-18-8-7-17(30-15-18)9-10-34-24-16(14-31-26(33-24)41(6)37)11-21(25(34)35)20-12-19(38-4)13-22(39-5)23(20)29/h7-8,11-15H,9-10H2,1-6H3,(H,32,36). The van der Waals surface area contributed by atoms with E-state index < -0.39 is 22.5 Å². The van der Waals surface area contributed by atoms with Crippen LogP contribution in [0.25, 0.3) is 22.2 Å². The van der Waals surface area contributed by atoms with E-state index in [0.29, 0.717) is 51.5 Å². The van der Waals surface area contributed by atoms with Crippen LogP contribution in [0.1, 0.15) is 26.5 Å². The first-order valence-electron chi connectivity index (χ1n) is 12.5. The Morgan fingerprint density at radius 3 is 2.44 bits per heavy atom. The molecule has 0 fully saturated rings. The van der Waals surface area contributed by atoms with Crippen LogP contribution < -0.4 is 20.3 Å². The number of aromatic nitrogens is 4. The van der Waals surface area contributed by atoms with Crippen LogP contribution >= 0.6 is 11.6 Å². The highest BCUT2D eigenvalue weighted by Crippen LogP contribution is 2.38. The predicted molar refractivity (Wildman–Crippen MR) is 157 cm³/mol. The van der Waals surface area contributed by atoms with Gasteiger partial charge in [0.15, 0.2) is 0 Å². The summed E-state index contributed by atoms with van der Waals surface area (Å²) in [7, 11) is 1.53. The van der Waals surface area contributed by atoms with Gasteiger partial charge in [-0.15, -0.1) is 0 Å². The van der Waals surface area contributed by atoms with Crippen LogP contribution in [0.4, 0.5) is 10.5 Å². The summed E-state index contributed by atoms with van der Waals surface area (Å²) in [5.41, 5.74) is 1.17. The molecule has 0 aliphatic rings. The van der Waals surface area contributed by atoms with Gasteiger partial charge in [-0.3, -0.25) is 23.9 Å². The van der Waals surface area contributed by atoms with E-state index in [4.69, 9.17) is 25.8 Å². The number of carbonyl (C=O) groups is 1. The highest BCUT2D eigenvalue weighted by atomic mass is 35.5. The van der Waals surface area contributed by atoms with Crippen molar-refractivity contribution in [3.05, 3.63) is 63.8 Å². The maximum Gasteiger partial charge on any atom is 0.412 e. The van der Waals surface area contributed by atoms with Crippen LogP contribution in [0, 0.1) is 0 Å². The van der Waals surface area contributed by atoms with E-state index >= 15 is 0 Å². The van der Waals surface area contributed by atoms with Crippen LogP contribution in [0.15, 0.2) is 52.7 Å². The number of hydrogen-bond donors (Lipinski definition) is 1. The van der Waals surface area contributed by atoms with Gasteiger partial charge in [-0.25, -0.2) is 14.8 Å². The maximum absolute atomic E-state index is 13.9. The second-order valence-electron chi connectivity index (χ2n) is 10.0. The van der Waals surface area contributed by atoms with Crippen molar-refractivity contribution < 1.29 is 23.2 Å². The predicted octanol–water partition coefficient (Wildman–Crippen LogP) is 4.85. The summed E-state index contributed by atoms with van der Waals surface area (Å²) < 4.78 is 29.7. The second kappa shape index (κ2) is 12.2. The van der Waals surface area contributed by atoms with Crippen molar-refractivity contribution >= 4 is 45.2 Å². The number of benzene rings is 1. The number of nitrogens with zero attached hydrogens (tertiary/aromatic N) is 4. The molecule has 13 heteroatoms. The molecule has 0 saturated heterocycles. The topological polar surface area (TPSA) is 135 Å². The van der Waals surface area contributed by atoms with Gasteiger partial charge < -0.3 is 14.2 Å². The molecule has 216 valence electrons. The Kier molecular flexibility index (Phi) is 8.93. The van der Waals surface area contributed by atoms with Gasteiger partial charge >= 0.3 is 6.09 Å². The minimum Gasteiger partial charge on any atom is -0.497 e. The summed E-state index contributed by atoms with van der Waals surface area (Å²) in [5, 5.41) is 3.55. The number of nitrogens with one attached hydrogen (secondary N) is 1. The van der Waals surface area contributed by atoms with Gasteiger partial charge in [-0.1, -0.05) is 11.6 Å². The highest BCUT2D eigenvalue weighted by Gasteiger charge is 2.20. The van der Waals surface area contributed by atoms with E-state index in [2.05, 4.69) is 20.3 Å². The van der Waals surface area contributed by atoms with Gasteiger partial charge in [-0.2, -0.15) is 0 Å². The molecule has 3 aromatic heterocycles. The number of anilines is 1. The lowest BCUT2D eigenvalue weighted by Gasteiger charge is -2.19. The SMILES string of the molecule is COc1cc(OC)c(Cl)c(-c2cc3cnc(S(C)=O)nc3n(CCc3ccc(NC(=O)OC(C)(C)C)cn3)c2=O)c1. The van der Waals surface area contributed by atoms with Crippen molar-refractivity contribution in [1.29, 1.82) is 0 Å². The van der Waals surface area contributed by atoms with Crippen molar-refractivity contribution in [3.63, 3.8) is 0 Å². The zero-order valence-corrected chi connectivity index (χ0v) is 25.1. The molecule has 0 bridgehead atoms. The third-order valence-electron chi connectivity index (χ3n) is 5.88. The fraction of sp³-hybridized carbons (Fsp3) is 0.321. The second-order valence-corrected chi connectivity index (χ2v) is 11.7. The van der Waals surface area contributed by atoms with Crippen LogP contribution in [0.2, 0.25) is 5.02 Å². The van der Waals surface area contributed by atoms with Crippen molar-refractivity contribution in [2.45, 2.75) is 44.5 Å². The number of fused-ring (bicyclic) bond motifs is 1. The molecule has 0 aliphatic heterocycles. The van der Waals surface area contributed by atoms with Gasteiger partial charge in [0.1, 0.15) is 22.7 Å². The van der Waals surface area contributed by atoms with Gasteiger partial charge in [0.05, 0.1) is 41.9 Å². The molecule has 4 aromatic rings. The Balaban J connectivity index is 1.73. The van der Waals surface area contributed by atoms with Crippen molar-refractivity contribution in [3.8, 4) is 22.6 Å². The summed E-state index contributed by atoms with van der Waals surface area (Å²) in [6.45, 7) is 5.53. The number of carbonyl (C=O) groups excluding carboxylic acids is 1. The van der Waals surface area contributed by atoms with E-state index in [1.807, 2.05) is 0 Å². The van der Waals surface area contributed by atoms with Crippen LogP contribution in [0.3, 0.4) is 0 Å². The quantitative estimate of drug-likeness (QED) is 0.282. The number of ether oxygens (including phenoxy) is 3. The Morgan fingerprint density at radius 1 is 1.07 bits per heavy atom. The number of methoxy groups -OCH3 is 2.